The number of rotatable bonds is 11. The average Bonchev–Trinajstić information content (AvgIpc) is 2.90. The second-order valence-corrected chi connectivity index (χ2v) is 12.1. The van der Waals surface area contributed by atoms with Gasteiger partial charge in [0.25, 0.3) is 0 Å². The van der Waals surface area contributed by atoms with Gasteiger partial charge in [0.2, 0.25) is 0 Å². The molecular formula is C33H46ClF. The maximum Gasteiger partial charge on any atom is 0.142 e. The topological polar surface area (TPSA) is 0 Å². The zero-order valence-electron chi connectivity index (χ0n) is 21.9. The van der Waals surface area contributed by atoms with E-state index in [0.717, 1.165) is 42.1 Å². The van der Waals surface area contributed by atoms with Crippen LogP contribution in [0.3, 0.4) is 0 Å². The van der Waals surface area contributed by atoms with Gasteiger partial charge < -0.3 is 0 Å². The molecule has 2 heteroatoms. The molecule has 2 aromatic carbocycles. The number of benzene rings is 2. The second kappa shape index (κ2) is 13.8. The monoisotopic (exact) mass is 496 g/mol. The molecule has 2 fully saturated rings. The molecule has 4 rings (SSSR count). The van der Waals surface area contributed by atoms with Gasteiger partial charge in [-0.1, -0.05) is 113 Å². The van der Waals surface area contributed by atoms with E-state index < -0.39 is 0 Å². The summed E-state index contributed by atoms with van der Waals surface area (Å²) in [6.45, 7) is 2.32. The molecule has 0 nitrogen and oxygen atoms in total. The minimum Gasteiger partial charge on any atom is -0.205 e. The third-order valence-corrected chi connectivity index (χ3v) is 9.46. The summed E-state index contributed by atoms with van der Waals surface area (Å²) in [5, 5.41) is 0.202. The molecule has 2 aliphatic rings. The van der Waals surface area contributed by atoms with Crippen molar-refractivity contribution in [1.29, 1.82) is 0 Å². The van der Waals surface area contributed by atoms with E-state index in [0.29, 0.717) is 0 Å². The second-order valence-electron chi connectivity index (χ2n) is 11.7. The lowest BCUT2D eigenvalue weighted by Crippen LogP contribution is -2.17. The highest BCUT2D eigenvalue weighted by Gasteiger charge is 2.25. The predicted molar refractivity (Wildman–Crippen MR) is 149 cm³/mol. The number of halogens is 2. The molecule has 0 heterocycles. The molecule has 0 unspecified atom stereocenters. The van der Waals surface area contributed by atoms with Gasteiger partial charge >= 0.3 is 0 Å². The molecule has 2 aromatic rings. The molecule has 0 spiro atoms. The van der Waals surface area contributed by atoms with E-state index in [2.05, 4.69) is 31.2 Å². The summed E-state index contributed by atoms with van der Waals surface area (Å²) < 4.78 is 13.7. The highest BCUT2D eigenvalue weighted by Crippen LogP contribution is 2.40. The Morgan fingerprint density at radius 3 is 1.83 bits per heavy atom. The highest BCUT2D eigenvalue weighted by atomic mass is 35.5. The van der Waals surface area contributed by atoms with Gasteiger partial charge in [0, 0.05) is 0 Å². The Bertz CT molecular complexity index is 872. The van der Waals surface area contributed by atoms with E-state index in [1.54, 1.807) is 12.1 Å². The number of hydrogen-bond donors (Lipinski definition) is 0. The van der Waals surface area contributed by atoms with Gasteiger partial charge in [-0.25, -0.2) is 4.39 Å². The predicted octanol–water partition coefficient (Wildman–Crippen LogP) is 10.7. The summed E-state index contributed by atoms with van der Waals surface area (Å²) in [4.78, 5) is 0. The molecule has 2 saturated carbocycles. The molecule has 0 aromatic heterocycles. The van der Waals surface area contributed by atoms with Crippen LogP contribution in [0.2, 0.25) is 5.02 Å². The SMILES string of the molecule is CCCCCC1CCC(CCC2CCC(c3ccc(CCc4ccc(Cl)c(F)c4)cc3)CC2)CC1. The van der Waals surface area contributed by atoms with E-state index in [9.17, 15) is 4.39 Å². The molecule has 0 amide bonds. The van der Waals surface area contributed by atoms with Crippen LogP contribution >= 0.6 is 11.6 Å². The fraction of sp³-hybridized carbons (Fsp3) is 0.636. The van der Waals surface area contributed by atoms with Crippen molar-refractivity contribution in [3.8, 4) is 0 Å². The average molecular weight is 497 g/mol. The van der Waals surface area contributed by atoms with Crippen LogP contribution in [0.1, 0.15) is 119 Å². The number of unbranched alkanes of at least 4 members (excludes halogenated alkanes) is 2. The van der Waals surface area contributed by atoms with Crippen LogP contribution in [0.25, 0.3) is 0 Å². The molecule has 2 aliphatic carbocycles. The first kappa shape index (κ1) is 26.7. The van der Waals surface area contributed by atoms with Crippen LogP contribution in [0, 0.1) is 23.6 Å². The molecule has 0 atom stereocenters. The summed E-state index contributed by atoms with van der Waals surface area (Å²) in [5.74, 6) is 3.45. The van der Waals surface area contributed by atoms with Crippen LogP contribution < -0.4 is 0 Å². The first-order valence-corrected chi connectivity index (χ1v) is 15.0. The van der Waals surface area contributed by atoms with Gasteiger partial charge in [0.1, 0.15) is 5.82 Å². The quantitative estimate of drug-likeness (QED) is 0.271. The van der Waals surface area contributed by atoms with Crippen molar-refractivity contribution in [1.82, 2.24) is 0 Å². The van der Waals surface area contributed by atoms with Crippen molar-refractivity contribution in [3.05, 3.63) is 70.0 Å². The van der Waals surface area contributed by atoms with E-state index in [-0.39, 0.29) is 10.8 Å². The van der Waals surface area contributed by atoms with Crippen LogP contribution in [0.5, 0.6) is 0 Å². The number of hydrogen-bond acceptors (Lipinski definition) is 0. The fourth-order valence-electron chi connectivity index (χ4n) is 6.69. The Morgan fingerprint density at radius 1 is 0.686 bits per heavy atom. The Balaban J connectivity index is 1.13. The third kappa shape index (κ3) is 8.34. The minimum absolute atomic E-state index is 0.202. The van der Waals surface area contributed by atoms with Crippen molar-refractivity contribution in [2.24, 2.45) is 17.8 Å². The normalized spacial score (nSPS) is 25.0. The Hall–Kier alpha value is -1.34. The van der Waals surface area contributed by atoms with Crippen molar-refractivity contribution in [3.63, 3.8) is 0 Å². The lowest BCUT2D eigenvalue weighted by Gasteiger charge is -2.32. The first-order chi connectivity index (χ1) is 17.1. The summed E-state index contributed by atoms with van der Waals surface area (Å²) >= 11 is 5.80. The fourth-order valence-corrected chi connectivity index (χ4v) is 6.81. The van der Waals surface area contributed by atoms with Gasteiger partial charge in [-0.15, -0.1) is 0 Å². The molecule has 0 bridgehead atoms. The molecule has 0 radical (unpaired) electrons. The van der Waals surface area contributed by atoms with Crippen LogP contribution in [0.15, 0.2) is 42.5 Å². The van der Waals surface area contributed by atoms with Crippen molar-refractivity contribution < 1.29 is 4.39 Å². The van der Waals surface area contributed by atoms with Gasteiger partial charge in [0.15, 0.2) is 0 Å². The smallest absolute Gasteiger partial charge is 0.142 e. The lowest BCUT2D eigenvalue weighted by molar-refractivity contribution is 0.222. The summed E-state index contributed by atoms with van der Waals surface area (Å²) in [6, 6.07) is 14.4. The molecule has 0 saturated heterocycles. The van der Waals surface area contributed by atoms with Crippen LogP contribution in [-0.2, 0) is 12.8 Å². The van der Waals surface area contributed by atoms with Gasteiger partial charge in [-0.05, 0) is 91.0 Å². The highest BCUT2D eigenvalue weighted by molar-refractivity contribution is 6.30. The van der Waals surface area contributed by atoms with Gasteiger partial charge in [0.05, 0.1) is 5.02 Å². The standard InChI is InChI=1S/C33H46ClF/c1-2-3-4-5-25-6-8-26(9-7-25)10-11-27-14-19-30(20-15-27)31-21-16-28(17-22-31)12-13-29-18-23-32(34)33(35)24-29/h16-18,21-27,30H,2-15,19-20H2,1H3. The van der Waals surface area contributed by atoms with E-state index in [1.807, 2.05) is 6.07 Å². The van der Waals surface area contributed by atoms with Crippen LogP contribution in [0.4, 0.5) is 4.39 Å². The van der Waals surface area contributed by atoms with Crippen LogP contribution in [-0.4, -0.2) is 0 Å². The van der Waals surface area contributed by atoms with Crippen molar-refractivity contribution in [2.75, 3.05) is 0 Å². The largest absolute Gasteiger partial charge is 0.205 e. The maximum atomic E-state index is 13.7. The maximum absolute atomic E-state index is 13.7. The van der Waals surface area contributed by atoms with E-state index in [1.165, 1.54) is 101 Å². The van der Waals surface area contributed by atoms with Gasteiger partial charge in [-0.2, -0.15) is 0 Å². The Kier molecular flexibility index (Phi) is 10.6. The van der Waals surface area contributed by atoms with E-state index in [4.69, 9.17) is 11.6 Å². The first-order valence-electron chi connectivity index (χ1n) is 14.6. The molecule has 192 valence electrons. The van der Waals surface area contributed by atoms with Crippen molar-refractivity contribution >= 4 is 11.6 Å². The summed E-state index contributed by atoms with van der Waals surface area (Å²) in [5.41, 5.74) is 3.86. The van der Waals surface area contributed by atoms with Gasteiger partial charge in [-0.3, -0.25) is 0 Å². The Morgan fingerprint density at radius 2 is 1.23 bits per heavy atom. The minimum atomic E-state index is -0.319. The lowest BCUT2D eigenvalue weighted by atomic mass is 9.74. The zero-order valence-corrected chi connectivity index (χ0v) is 22.7. The molecule has 35 heavy (non-hydrogen) atoms. The van der Waals surface area contributed by atoms with Crippen molar-refractivity contribution in [2.45, 2.75) is 116 Å². The number of aryl methyl sites for hydroxylation is 2. The molecular weight excluding hydrogens is 451 g/mol. The molecule has 0 N–H and O–H groups in total. The summed E-state index contributed by atoms with van der Waals surface area (Å²) in [6.07, 6.45) is 22.1. The third-order valence-electron chi connectivity index (χ3n) is 9.15. The van der Waals surface area contributed by atoms with E-state index >= 15 is 0 Å². The Labute approximate surface area is 219 Å². The summed E-state index contributed by atoms with van der Waals surface area (Å²) in [7, 11) is 0. The molecule has 0 aliphatic heterocycles. The zero-order chi connectivity index (χ0) is 24.5.